The zero-order valence-corrected chi connectivity index (χ0v) is 16.1. The van der Waals surface area contributed by atoms with E-state index in [-0.39, 0.29) is 11.6 Å². The molecule has 2 rings (SSSR count). The smallest absolute Gasteiger partial charge is 0.338 e. The van der Waals surface area contributed by atoms with Gasteiger partial charge in [-0.25, -0.2) is 4.79 Å². The molecular formula is C19H18BrClO4. The van der Waals surface area contributed by atoms with Crippen molar-refractivity contribution in [2.75, 3.05) is 13.2 Å². The third-order valence-electron chi connectivity index (χ3n) is 3.15. The van der Waals surface area contributed by atoms with E-state index in [1.165, 1.54) is 12.1 Å². The number of hydrogen-bond donors (Lipinski definition) is 0. The molecule has 2 aromatic carbocycles. The molecule has 0 aliphatic heterocycles. The van der Waals surface area contributed by atoms with Crippen LogP contribution in [-0.2, 0) is 11.3 Å². The minimum Gasteiger partial charge on any atom is -0.490 e. The van der Waals surface area contributed by atoms with Crippen LogP contribution in [0.1, 0.15) is 22.8 Å². The highest BCUT2D eigenvalue weighted by Gasteiger charge is 2.17. The maximum absolute atomic E-state index is 12.0. The Labute approximate surface area is 160 Å². The van der Waals surface area contributed by atoms with Gasteiger partial charge in [0.2, 0.25) is 0 Å². The van der Waals surface area contributed by atoms with Crippen molar-refractivity contribution in [3.8, 4) is 11.5 Å². The first kappa shape index (κ1) is 19.3. The average molecular weight is 426 g/mol. The monoisotopic (exact) mass is 424 g/mol. The number of ether oxygens (including phenoxy) is 3. The Morgan fingerprint density at radius 2 is 2.08 bits per heavy atom. The van der Waals surface area contributed by atoms with E-state index in [4.69, 9.17) is 25.8 Å². The Morgan fingerprint density at radius 3 is 2.76 bits per heavy atom. The molecule has 25 heavy (non-hydrogen) atoms. The summed E-state index contributed by atoms with van der Waals surface area (Å²) in [6.07, 6.45) is 1.50. The molecule has 6 heteroatoms. The maximum Gasteiger partial charge on any atom is 0.338 e. The highest BCUT2D eigenvalue weighted by Crippen LogP contribution is 2.37. The van der Waals surface area contributed by atoms with Gasteiger partial charge >= 0.3 is 5.97 Å². The molecule has 0 saturated carbocycles. The third-order valence-corrected chi connectivity index (χ3v) is 3.92. The fraction of sp³-hybridized carbons (Fsp3) is 0.211. The molecule has 0 radical (unpaired) electrons. The lowest BCUT2D eigenvalue weighted by Crippen LogP contribution is -2.07. The summed E-state index contributed by atoms with van der Waals surface area (Å²) in [4.78, 5) is 12.0. The van der Waals surface area contributed by atoms with E-state index in [0.717, 1.165) is 10.0 Å². The summed E-state index contributed by atoms with van der Waals surface area (Å²) in [5, 5.41) is 0.284. The van der Waals surface area contributed by atoms with Gasteiger partial charge in [0.25, 0.3) is 0 Å². The SMILES string of the molecule is C=CCOC(=O)c1cc(Cl)c(OCc2cccc(Br)c2)c(OCC)c1. The number of rotatable bonds is 8. The van der Waals surface area contributed by atoms with E-state index in [0.29, 0.717) is 30.3 Å². The molecule has 0 fully saturated rings. The molecular weight excluding hydrogens is 408 g/mol. The van der Waals surface area contributed by atoms with Gasteiger partial charge in [-0.15, -0.1) is 0 Å². The fourth-order valence-electron chi connectivity index (χ4n) is 2.09. The summed E-state index contributed by atoms with van der Waals surface area (Å²) in [7, 11) is 0. The fourth-order valence-corrected chi connectivity index (χ4v) is 2.80. The Bertz CT molecular complexity index is 761. The lowest BCUT2D eigenvalue weighted by Gasteiger charge is -2.15. The zero-order valence-electron chi connectivity index (χ0n) is 13.8. The number of esters is 1. The summed E-state index contributed by atoms with van der Waals surface area (Å²) in [6.45, 7) is 6.21. The van der Waals surface area contributed by atoms with Gasteiger partial charge in [-0.2, -0.15) is 0 Å². The van der Waals surface area contributed by atoms with E-state index < -0.39 is 5.97 Å². The Kier molecular flexibility index (Phi) is 7.34. The molecule has 0 amide bonds. The molecule has 0 heterocycles. The summed E-state index contributed by atoms with van der Waals surface area (Å²) in [6, 6.07) is 10.8. The van der Waals surface area contributed by atoms with Crippen LogP contribution in [0.25, 0.3) is 0 Å². The van der Waals surface area contributed by atoms with Crippen molar-refractivity contribution in [1.29, 1.82) is 0 Å². The van der Waals surface area contributed by atoms with Gasteiger partial charge in [0, 0.05) is 4.47 Å². The normalized spacial score (nSPS) is 10.2. The number of halogens is 2. The largest absolute Gasteiger partial charge is 0.490 e. The van der Waals surface area contributed by atoms with Crippen LogP contribution >= 0.6 is 27.5 Å². The van der Waals surface area contributed by atoms with Crippen LogP contribution < -0.4 is 9.47 Å². The van der Waals surface area contributed by atoms with Gasteiger partial charge in [0.15, 0.2) is 11.5 Å². The topological polar surface area (TPSA) is 44.8 Å². The second kappa shape index (κ2) is 9.49. The molecule has 0 atom stereocenters. The summed E-state index contributed by atoms with van der Waals surface area (Å²) in [5.74, 6) is 0.292. The number of hydrogen-bond acceptors (Lipinski definition) is 4. The Morgan fingerprint density at radius 1 is 1.28 bits per heavy atom. The summed E-state index contributed by atoms with van der Waals surface area (Å²) in [5.41, 5.74) is 1.27. The minimum absolute atomic E-state index is 0.127. The van der Waals surface area contributed by atoms with Crippen molar-refractivity contribution in [3.63, 3.8) is 0 Å². The van der Waals surface area contributed by atoms with Gasteiger partial charge in [-0.3, -0.25) is 0 Å². The van der Waals surface area contributed by atoms with E-state index in [2.05, 4.69) is 22.5 Å². The van der Waals surface area contributed by atoms with E-state index in [9.17, 15) is 4.79 Å². The minimum atomic E-state index is -0.499. The lowest BCUT2D eigenvalue weighted by molar-refractivity contribution is 0.0549. The third kappa shape index (κ3) is 5.51. The van der Waals surface area contributed by atoms with E-state index in [1.54, 1.807) is 6.07 Å². The van der Waals surface area contributed by atoms with Gasteiger partial charge < -0.3 is 14.2 Å². The number of carbonyl (C=O) groups excluding carboxylic acids is 1. The summed E-state index contributed by atoms with van der Waals surface area (Å²) >= 11 is 9.73. The van der Waals surface area contributed by atoms with Crippen molar-refractivity contribution < 1.29 is 19.0 Å². The predicted octanol–water partition coefficient (Wildman–Crippen LogP) is 5.42. The van der Waals surface area contributed by atoms with Gasteiger partial charge in [-0.05, 0) is 36.8 Å². The molecule has 0 saturated heterocycles. The molecule has 4 nitrogen and oxygen atoms in total. The second-order valence-corrected chi connectivity index (χ2v) is 6.35. The van der Waals surface area contributed by atoms with Crippen molar-refractivity contribution in [1.82, 2.24) is 0 Å². The van der Waals surface area contributed by atoms with Gasteiger partial charge in [0.05, 0.1) is 17.2 Å². The molecule has 0 bridgehead atoms. The van der Waals surface area contributed by atoms with Crippen LogP contribution in [0.4, 0.5) is 0 Å². The van der Waals surface area contributed by atoms with Crippen LogP contribution in [0, 0.1) is 0 Å². The first-order valence-corrected chi connectivity index (χ1v) is 8.83. The molecule has 0 aliphatic carbocycles. The zero-order chi connectivity index (χ0) is 18.2. The number of benzene rings is 2. The molecule has 0 aliphatic rings. The quantitative estimate of drug-likeness (QED) is 0.418. The Hall–Kier alpha value is -1.98. The van der Waals surface area contributed by atoms with Crippen LogP contribution in [0.15, 0.2) is 53.5 Å². The van der Waals surface area contributed by atoms with Crippen LogP contribution in [0.3, 0.4) is 0 Å². The highest BCUT2D eigenvalue weighted by molar-refractivity contribution is 9.10. The molecule has 2 aromatic rings. The van der Waals surface area contributed by atoms with E-state index in [1.807, 2.05) is 31.2 Å². The standard InChI is InChI=1S/C19H18BrClO4/c1-3-8-24-19(22)14-10-16(21)18(17(11-14)23-4-2)25-12-13-6-5-7-15(20)9-13/h3,5-7,9-11H,1,4,8,12H2,2H3. The van der Waals surface area contributed by atoms with Crippen LogP contribution in [-0.4, -0.2) is 19.2 Å². The van der Waals surface area contributed by atoms with Crippen molar-refractivity contribution >= 4 is 33.5 Å². The first-order chi connectivity index (χ1) is 12.0. The highest BCUT2D eigenvalue weighted by atomic mass is 79.9. The number of carbonyl (C=O) groups is 1. The van der Waals surface area contributed by atoms with Crippen molar-refractivity contribution in [2.24, 2.45) is 0 Å². The summed E-state index contributed by atoms with van der Waals surface area (Å²) < 4.78 is 17.4. The predicted molar refractivity (Wildman–Crippen MR) is 102 cm³/mol. The maximum atomic E-state index is 12.0. The second-order valence-electron chi connectivity index (χ2n) is 5.02. The van der Waals surface area contributed by atoms with Crippen LogP contribution in [0.2, 0.25) is 5.02 Å². The van der Waals surface area contributed by atoms with Crippen molar-refractivity contribution in [3.05, 3.63) is 69.7 Å². The van der Waals surface area contributed by atoms with Crippen LogP contribution in [0.5, 0.6) is 11.5 Å². The molecule has 0 spiro atoms. The molecule has 0 N–H and O–H groups in total. The van der Waals surface area contributed by atoms with Gasteiger partial charge in [-0.1, -0.05) is 52.3 Å². The lowest BCUT2D eigenvalue weighted by atomic mass is 10.2. The van der Waals surface area contributed by atoms with Gasteiger partial charge in [0.1, 0.15) is 13.2 Å². The Balaban J connectivity index is 2.24. The first-order valence-electron chi connectivity index (χ1n) is 7.66. The molecule has 132 valence electrons. The van der Waals surface area contributed by atoms with E-state index >= 15 is 0 Å². The molecule has 0 aromatic heterocycles. The average Bonchev–Trinajstić information content (AvgIpc) is 2.59. The molecule has 0 unspecified atom stereocenters. The van der Waals surface area contributed by atoms with Crippen molar-refractivity contribution in [2.45, 2.75) is 13.5 Å².